The van der Waals surface area contributed by atoms with E-state index in [4.69, 9.17) is 13.9 Å². The van der Waals surface area contributed by atoms with Crippen molar-refractivity contribution in [2.75, 3.05) is 13.7 Å². The third kappa shape index (κ3) is 3.07. The van der Waals surface area contributed by atoms with Crippen LogP contribution in [0.2, 0.25) is 0 Å². The molecule has 0 fully saturated rings. The van der Waals surface area contributed by atoms with Gasteiger partial charge >= 0.3 is 11.6 Å². The van der Waals surface area contributed by atoms with E-state index < -0.39 is 11.5 Å². The fraction of sp³-hybridized carbons (Fsp3) is 0.375. The molecule has 1 unspecified atom stereocenters. The molecule has 1 atom stereocenters. The van der Waals surface area contributed by atoms with Crippen molar-refractivity contribution in [3.8, 4) is 5.75 Å². The van der Waals surface area contributed by atoms with Crippen molar-refractivity contribution < 1.29 is 18.7 Å². The highest BCUT2D eigenvalue weighted by Crippen LogP contribution is 2.29. The molecule has 2 rings (SSSR count). The molecule has 0 amide bonds. The molecule has 1 aromatic carbocycles. The predicted molar refractivity (Wildman–Crippen MR) is 78.7 cm³/mol. The molecule has 21 heavy (non-hydrogen) atoms. The highest BCUT2D eigenvalue weighted by Gasteiger charge is 2.23. The molecule has 0 N–H and O–H groups in total. The number of carbonyl (C=O) groups is 1. The Bertz CT molecular complexity index is 701. The van der Waals surface area contributed by atoms with Crippen molar-refractivity contribution in [2.45, 2.75) is 26.2 Å². The van der Waals surface area contributed by atoms with E-state index in [9.17, 15) is 9.59 Å². The third-order valence-corrected chi connectivity index (χ3v) is 3.33. The Kier molecular flexibility index (Phi) is 4.62. The molecule has 112 valence electrons. The van der Waals surface area contributed by atoms with Gasteiger partial charge in [0.15, 0.2) is 0 Å². The van der Waals surface area contributed by atoms with E-state index in [0.29, 0.717) is 29.9 Å². The summed E-state index contributed by atoms with van der Waals surface area (Å²) in [5.74, 6) is -0.228. The molecular weight excluding hydrogens is 272 g/mol. The van der Waals surface area contributed by atoms with Crippen molar-refractivity contribution in [3.05, 3.63) is 40.2 Å². The molecule has 0 aliphatic heterocycles. The van der Waals surface area contributed by atoms with Gasteiger partial charge < -0.3 is 13.9 Å². The van der Waals surface area contributed by atoms with Crippen molar-refractivity contribution in [1.82, 2.24) is 0 Å². The van der Waals surface area contributed by atoms with E-state index in [-0.39, 0.29) is 5.97 Å². The van der Waals surface area contributed by atoms with Crippen LogP contribution in [0.5, 0.6) is 5.75 Å². The van der Waals surface area contributed by atoms with Crippen LogP contribution in [0.4, 0.5) is 0 Å². The van der Waals surface area contributed by atoms with Gasteiger partial charge in [0, 0.05) is 17.5 Å². The van der Waals surface area contributed by atoms with E-state index in [2.05, 4.69) is 0 Å². The molecular formula is C16H18O5. The Hall–Kier alpha value is -2.30. The number of carbonyl (C=O) groups excluding carboxylic acids is 1. The lowest BCUT2D eigenvalue weighted by molar-refractivity contribution is -0.142. The van der Waals surface area contributed by atoms with Crippen molar-refractivity contribution >= 4 is 16.9 Å². The number of fused-ring (bicyclic) bond motifs is 1. The maximum Gasteiger partial charge on any atom is 0.336 e. The van der Waals surface area contributed by atoms with Crippen LogP contribution in [-0.2, 0) is 9.53 Å². The number of rotatable bonds is 5. The van der Waals surface area contributed by atoms with Crippen molar-refractivity contribution in [1.29, 1.82) is 0 Å². The number of hydrogen-bond donors (Lipinski definition) is 0. The van der Waals surface area contributed by atoms with Gasteiger partial charge in [0.05, 0.1) is 19.6 Å². The van der Waals surface area contributed by atoms with Gasteiger partial charge in [-0.3, -0.25) is 4.79 Å². The minimum atomic E-state index is -0.492. The Labute approximate surface area is 122 Å². The summed E-state index contributed by atoms with van der Waals surface area (Å²) in [6.07, 6.45) is 0.540. The average molecular weight is 290 g/mol. The number of benzene rings is 1. The zero-order valence-electron chi connectivity index (χ0n) is 12.3. The lowest BCUT2D eigenvalue weighted by Crippen LogP contribution is -2.16. The van der Waals surface area contributed by atoms with Crippen LogP contribution in [0.1, 0.15) is 31.7 Å². The van der Waals surface area contributed by atoms with Gasteiger partial charge in [0.2, 0.25) is 0 Å². The van der Waals surface area contributed by atoms with Gasteiger partial charge in [0.1, 0.15) is 11.3 Å². The van der Waals surface area contributed by atoms with Crippen molar-refractivity contribution in [2.24, 2.45) is 0 Å². The number of esters is 1. The lowest BCUT2D eigenvalue weighted by Gasteiger charge is -2.14. The molecule has 0 radical (unpaired) electrons. The second kappa shape index (κ2) is 6.43. The highest BCUT2D eigenvalue weighted by molar-refractivity contribution is 5.88. The van der Waals surface area contributed by atoms with Crippen LogP contribution in [0.25, 0.3) is 11.0 Å². The van der Waals surface area contributed by atoms with Gasteiger partial charge in [0.25, 0.3) is 0 Å². The van der Waals surface area contributed by atoms with E-state index in [1.54, 1.807) is 18.2 Å². The molecule has 0 bridgehead atoms. The summed E-state index contributed by atoms with van der Waals surface area (Å²) in [7, 11) is 1.34. The van der Waals surface area contributed by atoms with Gasteiger partial charge in [-0.1, -0.05) is 6.92 Å². The second-order valence-corrected chi connectivity index (χ2v) is 4.60. The molecule has 5 nitrogen and oxygen atoms in total. The van der Waals surface area contributed by atoms with Gasteiger partial charge in [-0.05, 0) is 31.0 Å². The van der Waals surface area contributed by atoms with Crippen LogP contribution < -0.4 is 10.4 Å². The van der Waals surface area contributed by atoms with Gasteiger partial charge in [-0.15, -0.1) is 0 Å². The Morgan fingerprint density at radius 3 is 2.67 bits per heavy atom. The lowest BCUT2D eigenvalue weighted by atomic mass is 9.94. The summed E-state index contributed by atoms with van der Waals surface area (Å²) in [4.78, 5) is 23.6. The fourth-order valence-corrected chi connectivity index (χ4v) is 2.37. The van der Waals surface area contributed by atoms with E-state index in [0.717, 1.165) is 5.39 Å². The molecule has 0 spiro atoms. The summed E-state index contributed by atoms with van der Waals surface area (Å²) >= 11 is 0. The Morgan fingerprint density at radius 2 is 2.05 bits per heavy atom. The molecule has 2 aromatic rings. The van der Waals surface area contributed by atoms with Crippen LogP contribution in [0, 0.1) is 0 Å². The number of methoxy groups -OCH3 is 1. The standard InChI is InChI=1S/C16H18O5/c1-4-11(16(18)19-3)13-9-15(17)21-14-8-10(20-5-2)6-7-12(13)14/h6-9,11H,4-5H2,1-3H3. The first kappa shape index (κ1) is 15.1. The summed E-state index contributed by atoms with van der Waals surface area (Å²) in [5.41, 5.74) is 0.540. The fourth-order valence-electron chi connectivity index (χ4n) is 2.37. The Balaban J connectivity index is 2.63. The normalized spacial score (nSPS) is 12.1. The van der Waals surface area contributed by atoms with E-state index in [1.807, 2.05) is 13.8 Å². The highest BCUT2D eigenvalue weighted by atomic mass is 16.5. The zero-order valence-corrected chi connectivity index (χ0v) is 12.3. The minimum absolute atomic E-state index is 0.363. The maximum absolute atomic E-state index is 11.9. The molecule has 5 heteroatoms. The Morgan fingerprint density at radius 1 is 1.29 bits per heavy atom. The summed E-state index contributed by atoms with van der Waals surface area (Å²) in [6, 6.07) is 6.60. The first-order valence-electron chi connectivity index (χ1n) is 6.89. The maximum atomic E-state index is 11.9. The van der Waals surface area contributed by atoms with Crippen molar-refractivity contribution in [3.63, 3.8) is 0 Å². The molecule has 0 saturated heterocycles. The average Bonchev–Trinajstić information content (AvgIpc) is 2.47. The monoisotopic (exact) mass is 290 g/mol. The number of ether oxygens (including phenoxy) is 2. The predicted octanol–water partition coefficient (Wildman–Crippen LogP) is 2.86. The van der Waals surface area contributed by atoms with Crippen LogP contribution >= 0.6 is 0 Å². The largest absolute Gasteiger partial charge is 0.494 e. The minimum Gasteiger partial charge on any atom is -0.494 e. The summed E-state index contributed by atoms with van der Waals surface area (Å²) in [6.45, 7) is 4.27. The molecule has 1 aromatic heterocycles. The van der Waals surface area contributed by atoms with Gasteiger partial charge in [-0.2, -0.15) is 0 Å². The number of hydrogen-bond acceptors (Lipinski definition) is 5. The summed E-state index contributed by atoms with van der Waals surface area (Å²) in [5, 5.41) is 0.718. The molecule has 0 aliphatic rings. The third-order valence-electron chi connectivity index (χ3n) is 3.33. The summed E-state index contributed by atoms with van der Waals surface area (Å²) < 4.78 is 15.4. The van der Waals surface area contributed by atoms with Gasteiger partial charge in [-0.25, -0.2) is 4.79 Å². The van der Waals surface area contributed by atoms with Crippen LogP contribution in [0.15, 0.2) is 33.5 Å². The van der Waals surface area contributed by atoms with Crippen LogP contribution in [0.3, 0.4) is 0 Å². The van der Waals surface area contributed by atoms with Crippen LogP contribution in [-0.4, -0.2) is 19.7 Å². The molecule has 0 saturated carbocycles. The SMILES string of the molecule is CCOc1ccc2c(C(CC)C(=O)OC)cc(=O)oc2c1. The topological polar surface area (TPSA) is 65.7 Å². The molecule has 0 aliphatic carbocycles. The first-order valence-corrected chi connectivity index (χ1v) is 6.89. The first-order chi connectivity index (χ1) is 10.1. The molecule has 1 heterocycles. The second-order valence-electron chi connectivity index (χ2n) is 4.60. The zero-order chi connectivity index (χ0) is 15.4. The quantitative estimate of drug-likeness (QED) is 0.625. The van der Waals surface area contributed by atoms with E-state index in [1.165, 1.54) is 13.2 Å². The smallest absolute Gasteiger partial charge is 0.336 e. The van der Waals surface area contributed by atoms with E-state index >= 15 is 0 Å².